The summed E-state index contributed by atoms with van der Waals surface area (Å²) in [5.74, 6) is 0.719. The summed E-state index contributed by atoms with van der Waals surface area (Å²) < 4.78 is 6.94. The zero-order valence-electron chi connectivity index (χ0n) is 25.1. The van der Waals surface area contributed by atoms with Crippen LogP contribution in [0.25, 0.3) is 0 Å². The molecule has 7 heteroatoms. The molecule has 0 aliphatic carbocycles. The average Bonchev–Trinajstić information content (AvgIpc) is 2.91. The van der Waals surface area contributed by atoms with Gasteiger partial charge in [-0.2, -0.15) is 0 Å². The average molecular weight is 623 g/mol. The van der Waals surface area contributed by atoms with Crippen LogP contribution in [0.1, 0.15) is 57.7 Å². The molecule has 0 aliphatic rings. The molecule has 3 aromatic rings. The quantitative estimate of drug-likeness (QED) is 0.228. The minimum Gasteiger partial charge on any atom is -0.489 e. The van der Waals surface area contributed by atoms with Crippen LogP contribution in [0, 0.1) is 5.92 Å². The SMILES string of the molecule is CC(C)C[C@@H](C(=O)N[C@@H](Cc1ccc(OCc2ccccc2)cc1)C(=O)NC(C)(C)C)N(C)Cc1ccc(Br)cc1. The highest BCUT2D eigenvalue weighted by Gasteiger charge is 2.30. The maximum absolute atomic E-state index is 13.7. The van der Waals surface area contributed by atoms with Gasteiger partial charge in [0, 0.05) is 23.0 Å². The van der Waals surface area contributed by atoms with E-state index in [1.807, 2.05) is 94.5 Å². The van der Waals surface area contributed by atoms with Gasteiger partial charge in [0.2, 0.25) is 11.8 Å². The largest absolute Gasteiger partial charge is 0.489 e. The number of benzene rings is 3. The van der Waals surface area contributed by atoms with Gasteiger partial charge in [-0.25, -0.2) is 0 Å². The van der Waals surface area contributed by atoms with Gasteiger partial charge in [-0.05, 0) is 81.1 Å². The van der Waals surface area contributed by atoms with Gasteiger partial charge < -0.3 is 15.4 Å². The summed E-state index contributed by atoms with van der Waals surface area (Å²) in [7, 11) is 1.97. The lowest BCUT2D eigenvalue weighted by Crippen LogP contribution is -2.56. The van der Waals surface area contributed by atoms with E-state index in [0.717, 1.165) is 26.9 Å². The van der Waals surface area contributed by atoms with E-state index in [1.165, 1.54) is 0 Å². The molecule has 0 unspecified atom stereocenters. The third kappa shape index (κ3) is 11.3. The summed E-state index contributed by atoms with van der Waals surface area (Å²) >= 11 is 3.48. The molecule has 0 bridgehead atoms. The van der Waals surface area contributed by atoms with Crippen LogP contribution in [0.15, 0.2) is 83.3 Å². The van der Waals surface area contributed by atoms with Crippen LogP contribution in [0.3, 0.4) is 0 Å². The van der Waals surface area contributed by atoms with Crippen molar-refractivity contribution in [2.75, 3.05) is 7.05 Å². The molecule has 3 aromatic carbocycles. The Labute approximate surface area is 254 Å². The van der Waals surface area contributed by atoms with Crippen LogP contribution >= 0.6 is 15.9 Å². The highest BCUT2D eigenvalue weighted by Crippen LogP contribution is 2.19. The first-order chi connectivity index (χ1) is 19.4. The summed E-state index contributed by atoms with van der Waals surface area (Å²) in [6, 6.07) is 24.8. The predicted octanol–water partition coefficient (Wildman–Crippen LogP) is 6.52. The normalized spacial score (nSPS) is 13.1. The van der Waals surface area contributed by atoms with Gasteiger partial charge in [0.15, 0.2) is 0 Å². The first-order valence-electron chi connectivity index (χ1n) is 14.2. The topological polar surface area (TPSA) is 70.7 Å². The molecule has 41 heavy (non-hydrogen) atoms. The minimum atomic E-state index is -0.714. The number of halogens is 1. The second kappa shape index (κ2) is 15.2. The van der Waals surface area contributed by atoms with Crippen LogP contribution in [0.5, 0.6) is 5.75 Å². The zero-order chi connectivity index (χ0) is 30.0. The molecule has 2 atom stereocenters. The standard InChI is InChI=1S/C34H44BrN3O3/c1-24(2)20-31(38(6)22-26-12-16-28(35)17-13-26)33(40)36-30(32(39)37-34(3,4)5)21-25-14-18-29(19-15-25)41-23-27-10-8-7-9-11-27/h7-19,24,30-31H,20-23H2,1-6H3,(H,36,40)(H,37,39)/t30-,31-/m0/s1. The van der Waals surface area contributed by atoms with Crippen molar-refractivity contribution in [1.82, 2.24) is 15.5 Å². The molecule has 0 aromatic heterocycles. The highest BCUT2D eigenvalue weighted by molar-refractivity contribution is 9.10. The van der Waals surface area contributed by atoms with Crippen LogP contribution in [0.2, 0.25) is 0 Å². The van der Waals surface area contributed by atoms with Gasteiger partial charge in [-0.3, -0.25) is 14.5 Å². The van der Waals surface area contributed by atoms with Gasteiger partial charge in [0.05, 0.1) is 6.04 Å². The van der Waals surface area contributed by atoms with Gasteiger partial charge in [0.25, 0.3) is 0 Å². The Morgan fingerprint density at radius 3 is 2.05 bits per heavy atom. The van der Waals surface area contributed by atoms with Crippen molar-refractivity contribution in [3.05, 3.63) is 100 Å². The van der Waals surface area contributed by atoms with Gasteiger partial charge in [-0.15, -0.1) is 0 Å². The van der Waals surface area contributed by atoms with Crippen molar-refractivity contribution in [3.63, 3.8) is 0 Å². The molecule has 220 valence electrons. The fourth-order valence-electron chi connectivity index (χ4n) is 4.55. The Kier molecular flexibility index (Phi) is 12.0. The zero-order valence-corrected chi connectivity index (χ0v) is 26.7. The van der Waals surface area contributed by atoms with E-state index in [9.17, 15) is 9.59 Å². The molecule has 6 nitrogen and oxygen atoms in total. The number of rotatable bonds is 13. The Morgan fingerprint density at radius 1 is 0.854 bits per heavy atom. The number of carbonyl (C=O) groups excluding carboxylic acids is 2. The lowest BCUT2D eigenvalue weighted by molar-refractivity contribution is -0.132. The third-order valence-corrected chi connectivity index (χ3v) is 7.15. The van der Waals surface area contributed by atoms with Gasteiger partial charge >= 0.3 is 0 Å². The van der Waals surface area contributed by atoms with Crippen molar-refractivity contribution in [1.29, 1.82) is 0 Å². The summed E-state index contributed by atoms with van der Waals surface area (Å²) in [6.45, 7) is 11.2. The number of nitrogens with zero attached hydrogens (tertiary/aromatic N) is 1. The highest BCUT2D eigenvalue weighted by atomic mass is 79.9. The number of likely N-dealkylation sites (N-methyl/N-ethyl adjacent to an activating group) is 1. The fraction of sp³-hybridized carbons (Fsp3) is 0.412. The van der Waals surface area contributed by atoms with Crippen molar-refractivity contribution in [2.24, 2.45) is 5.92 Å². The molecule has 0 fully saturated rings. The molecule has 0 spiro atoms. The van der Waals surface area contributed by atoms with Crippen LogP contribution < -0.4 is 15.4 Å². The maximum atomic E-state index is 13.7. The monoisotopic (exact) mass is 621 g/mol. The van der Waals surface area contributed by atoms with Gasteiger partial charge in [-0.1, -0.05) is 84.4 Å². The molecule has 0 heterocycles. The number of nitrogens with one attached hydrogen (secondary N) is 2. The number of amides is 2. The molecule has 2 N–H and O–H groups in total. The fourth-order valence-corrected chi connectivity index (χ4v) is 4.82. The number of hydrogen-bond acceptors (Lipinski definition) is 4. The van der Waals surface area contributed by atoms with E-state index in [1.54, 1.807) is 0 Å². The predicted molar refractivity (Wildman–Crippen MR) is 170 cm³/mol. The minimum absolute atomic E-state index is 0.143. The number of ether oxygens (including phenoxy) is 1. The van der Waals surface area contributed by atoms with E-state index in [0.29, 0.717) is 31.9 Å². The van der Waals surface area contributed by atoms with Crippen LogP contribution in [-0.2, 0) is 29.2 Å². The summed E-state index contributed by atoms with van der Waals surface area (Å²) in [5.41, 5.74) is 2.73. The number of hydrogen-bond donors (Lipinski definition) is 2. The van der Waals surface area contributed by atoms with Crippen LogP contribution in [0.4, 0.5) is 0 Å². The third-order valence-electron chi connectivity index (χ3n) is 6.62. The molecule has 2 amide bonds. The van der Waals surface area contributed by atoms with Crippen molar-refractivity contribution in [2.45, 2.75) is 78.2 Å². The summed E-state index contributed by atoms with van der Waals surface area (Å²) in [4.78, 5) is 29.2. The van der Waals surface area contributed by atoms with E-state index >= 15 is 0 Å². The Morgan fingerprint density at radius 2 is 1.46 bits per heavy atom. The lowest BCUT2D eigenvalue weighted by atomic mass is 9.99. The second-order valence-corrected chi connectivity index (χ2v) is 13.0. The van der Waals surface area contributed by atoms with Crippen molar-refractivity contribution < 1.29 is 14.3 Å². The second-order valence-electron chi connectivity index (χ2n) is 12.1. The first kappa shape index (κ1) is 32.4. The van der Waals surface area contributed by atoms with Crippen molar-refractivity contribution >= 4 is 27.7 Å². The maximum Gasteiger partial charge on any atom is 0.243 e. The Bertz CT molecular complexity index is 1240. The summed E-state index contributed by atoms with van der Waals surface area (Å²) in [5, 5.41) is 6.15. The molecule has 0 aliphatic heterocycles. The van der Waals surface area contributed by atoms with E-state index in [4.69, 9.17) is 4.74 Å². The Balaban J connectivity index is 1.73. The smallest absolute Gasteiger partial charge is 0.243 e. The first-order valence-corrected chi connectivity index (χ1v) is 15.0. The molecule has 0 saturated heterocycles. The van der Waals surface area contributed by atoms with Crippen molar-refractivity contribution in [3.8, 4) is 5.75 Å². The Hall–Kier alpha value is -3.16. The molecule has 0 radical (unpaired) electrons. The van der Waals surface area contributed by atoms with E-state index in [-0.39, 0.29) is 17.9 Å². The van der Waals surface area contributed by atoms with E-state index < -0.39 is 11.6 Å². The molecule has 3 rings (SSSR count). The van der Waals surface area contributed by atoms with E-state index in [2.05, 4.69) is 57.4 Å². The molecular formula is C34H44BrN3O3. The van der Waals surface area contributed by atoms with Gasteiger partial charge in [0.1, 0.15) is 18.4 Å². The lowest BCUT2D eigenvalue weighted by Gasteiger charge is -2.31. The summed E-state index contributed by atoms with van der Waals surface area (Å²) in [6.07, 6.45) is 1.05. The molecule has 0 saturated carbocycles. The van der Waals surface area contributed by atoms with Crippen LogP contribution in [-0.4, -0.2) is 41.4 Å². The molecular weight excluding hydrogens is 578 g/mol. The number of carbonyl (C=O) groups is 2.